The number of anilines is 1. The molecule has 4 rings (SSSR count). The molecule has 1 aromatic heterocycles. The number of amides is 1. The van der Waals surface area contributed by atoms with Gasteiger partial charge in [-0.05, 0) is 48.4 Å². The normalized spacial score (nSPS) is 10.9. The SMILES string of the molecule is Cc1c(NC(=O)Cc2ccc(Cl)cc2)cccc1-c1nc2ccccc2s1. The summed E-state index contributed by atoms with van der Waals surface area (Å²) in [6, 6.07) is 21.3. The molecule has 134 valence electrons. The second kappa shape index (κ2) is 7.51. The first kappa shape index (κ1) is 17.7. The standard InChI is InChI=1S/C22H17ClN2OS/c1-14-17(22-25-19-6-2-3-8-20(19)27-22)5-4-7-18(14)24-21(26)13-15-9-11-16(23)12-10-15/h2-12H,13H2,1H3,(H,24,26). The first-order valence-corrected chi connectivity index (χ1v) is 9.79. The van der Waals surface area contributed by atoms with Crippen LogP contribution in [0.15, 0.2) is 66.7 Å². The fourth-order valence-electron chi connectivity index (χ4n) is 2.97. The van der Waals surface area contributed by atoms with Crippen molar-refractivity contribution in [2.45, 2.75) is 13.3 Å². The van der Waals surface area contributed by atoms with Crippen molar-refractivity contribution >= 4 is 44.7 Å². The van der Waals surface area contributed by atoms with Crippen molar-refractivity contribution in [2.24, 2.45) is 0 Å². The van der Waals surface area contributed by atoms with Gasteiger partial charge in [0.25, 0.3) is 0 Å². The summed E-state index contributed by atoms with van der Waals surface area (Å²) in [4.78, 5) is 17.2. The predicted octanol–water partition coefficient (Wildman–Crippen LogP) is 6.11. The van der Waals surface area contributed by atoms with Gasteiger partial charge in [0.05, 0.1) is 16.6 Å². The van der Waals surface area contributed by atoms with E-state index in [0.717, 1.165) is 37.6 Å². The molecule has 0 saturated heterocycles. The highest BCUT2D eigenvalue weighted by atomic mass is 35.5. The van der Waals surface area contributed by atoms with Crippen molar-refractivity contribution in [3.05, 3.63) is 82.9 Å². The van der Waals surface area contributed by atoms with E-state index in [9.17, 15) is 4.79 Å². The van der Waals surface area contributed by atoms with E-state index in [0.29, 0.717) is 11.4 Å². The molecule has 0 saturated carbocycles. The summed E-state index contributed by atoms with van der Waals surface area (Å²) in [6.45, 7) is 2.01. The van der Waals surface area contributed by atoms with Gasteiger partial charge in [-0.1, -0.05) is 48.0 Å². The molecule has 1 heterocycles. The lowest BCUT2D eigenvalue weighted by atomic mass is 10.1. The van der Waals surface area contributed by atoms with E-state index in [2.05, 4.69) is 11.4 Å². The first-order chi connectivity index (χ1) is 13.1. The highest BCUT2D eigenvalue weighted by molar-refractivity contribution is 7.21. The molecular formula is C22H17ClN2OS. The lowest BCUT2D eigenvalue weighted by Gasteiger charge is -2.11. The van der Waals surface area contributed by atoms with Crippen LogP contribution in [0.3, 0.4) is 0 Å². The molecule has 1 amide bonds. The number of hydrogen-bond acceptors (Lipinski definition) is 3. The molecule has 0 aliphatic heterocycles. The summed E-state index contributed by atoms with van der Waals surface area (Å²) in [5.74, 6) is -0.0538. The Hall–Kier alpha value is -2.69. The van der Waals surface area contributed by atoms with Gasteiger partial charge in [0.1, 0.15) is 5.01 Å². The number of thiazole rings is 1. The van der Waals surface area contributed by atoms with E-state index < -0.39 is 0 Å². The highest BCUT2D eigenvalue weighted by Crippen LogP contribution is 2.34. The van der Waals surface area contributed by atoms with Crippen molar-refractivity contribution in [2.75, 3.05) is 5.32 Å². The minimum Gasteiger partial charge on any atom is -0.326 e. The molecule has 0 unspecified atom stereocenters. The number of fused-ring (bicyclic) bond motifs is 1. The number of nitrogens with one attached hydrogen (secondary N) is 1. The van der Waals surface area contributed by atoms with Gasteiger partial charge in [-0.3, -0.25) is 4.79 Å². The molecule has 27 heavy (non-hydrogen) atoms. The van der Waals surface area contributed by atoms with Crippen LogP contribution in [-0.2, 0) is 11.2 Å². The van der Waals surface area contributed by atoms with Crippen molar-refractivity contribution in [1.82, 2.24) is 4.98 Å². The zero-order valence-electron chi connectivity index (χ0n) is 14.7. The topological polar surface area (TPSA) is 42.0 Å². The van der Waals surface area contributed by atoms with E-state index in [1.165, 1.54) is 0 Å². The average molecular weight is 393 g/mol. The van der Waals surface area contributed by atoms with Crippen molar-refractivity contribution in [3.63, 3.8) is 0 Å². The molecule has 0 spiro atoms. The van der Waals surface area contributed by atoms with E-state index >= 15 is 0 Å². The zero-order valence-corrected chi connectivity index (χ0v) is 16.3. The van der Waals surface area contributed by atoms with Crippen LogP contribution in [0.1, 0.15) is 11.1 Å². The number of benzene rings is 3. The highest BCUT2D eigenvalue weighted by Gasteiger charge is 2.13. The van der Waals surface area contributed by atoms with E-state index in [1.807, 2.05) is 55.5 Å². The molecule has 0 aliphatic carbocycles. The fraction of sp³-hybridized carbons (Fsp3) is 0.0909. The molecule has 3 aromatic carbocycles. The molecule has 5 heteroatoms. The molecule has 0 atom stereocenters. The molecule has 3 nitrogen and oxygen atoms in total. The van der Waals surface area contributed by atoms with Crippen molar-refractivity contribution in [3.8, 4) is 10.6 Å². The Kier molecular flexibility index (Phi) is 4.92. The van der Waals surface area contributed by atoms with Gasteiger partial charge < -0.3 is 5.32 Å². The molecule has 1 N–H and O–H groups in total. The third-order valence-corrected chi connectivity index (χ3v) is 5.73. The van der Waals surface area contributed by atoms with Crippen LogP contribution < -0.4 is 5.32 Å². The number of hydrogen-bond donors (Lipinski definition) is 1. The summed E-state index contributed by atoms with van der Waals surface area (Å²) in [6.07, 6.45) is 0.308. The third kappa shape index (κ3) is 3.87. The van der Waals surface area contributed by atoms with Crippen LogP contribution in [-0.4, -0.2) is 10.9 Å². The number of carbonyl (C=O) groups excluding carboxylic acids is 1. The zero-order chi connectivity index (χ0) is 18.8. The van der Waals surface area contributed by atoms with E-state index in [-0.39, 0.29) is 5.91 Å². The van der Waals surface area contributed by atoms with Gasteiger partial charge >= 0.3 is 0 Å². The predicted molar refractivity (Wildman–Crippen MR) is 114 cm³/mol. The summed E-state index contributed by atoms with van der Waals surface area (Å²) in [7, 11) is 0. The Balaban J connectivity index is 1.58. The Labute approximate surface area is 166 Å². The number of halogens is 1. The van der Waals surface area contributed by atoms with Gasteiger partial charge in [0.15, 0.2) is 0 Å². The largest absolute Gasteiger partial charge is 0.326 e. The fourth-order valence-corrected chi connectivity index (χ4v) is 4.15. The van der Waals surface area contributed by atoms with Crippen molar-refractivity contribution in [1.29, 1.82) is 0 Å². The maximum atomic E-state index is 12.5. The number of carbonyl (C=O) groups is 1. The van der Waals surface area contributed by atoms with E-state index in [1.54, 1.807) is 23.5 Å². The summed E-state index contributed by atoms with van der Waals surface area (Å²) in [5, 5.41) is 4.65. The van der Waals surface area contributed by atoms with Gasteiger partial charge in [0.2, 0.25) is 5.91 Å². The Morgan fingerprint density at radius 2 is 1.81 bits per heavy atom. The maximum Gasteiger partial charge on any atom is 0.228 e. The number of nitrogens with zero attached hydrogens (tertiary/aromatic N) is 1. The lowest BCUT2D eigenvalue weighted by molar-refractivity contribution is -0.115. The van der Waals surface area contributed by atoms with Crippen LogP contribution in [0.4, 0.5) is 5.69 Å². The Bertz CT molecular complexity index is 1090. The van der Waals surface area contributed by atoms with Gasteiger partial charge in [0, 0.05) is 16.3 Å². The number of para-hydroxylation sites is 1. The van der Waals surface area contributed by atoms with E-state index in [4.69, 9.17) is 16.6 Å². The second-order valence-corrected chi connectivity index (χ2v) is 7.78. The van der Waals surface area contributed by atoms with Crippen LogP contribution in [0.25, 0.3) is 20.8 Å². The maximum absolute atomic E-state index is 12.5. The molecule has 0 aliphatic rings. The molecule has 4 aromatic rings. The summed E-state index contributed by atoms with van der Waals surface area (Å²) in [5.41, 5.74) is 4.79. The minimum atomic E-state index is -0.0538. The third-order valence-electron chi connectivity index (χ3n) is 4.41. The lowest BCUT2D eigenvalue weighted by Crippen LogP contribution is -2.15. The second-order valence-electron chi connectivity index (χ2n) is 6.32. The quantitative estimate of drug-likeness (QED) is 0.455. The Morgan fingerprint density at radius 1 is 1.04 bits per heavy atom. The number of aromatic nitrogens is 1. The van der Waals surface area contributed by atoms with Crippen LogP contribution in [0, 0.1) is 6.92 Å². The van der Waals surface area contributed by atoms with Gasteiger partial charge in [-0.15, -0.1) is 11.3 Å². The monoisotopic (exact) mass is 392 g/mol. The average Bonchev–Trinajstić information content (AvgIpc) is 3.09. The first-order valence-electron chi connectivity index (χ1n) is 8.60. The van der Waals surface area contributed by atoms with Crippen LogP contribution >= 0.6 is 22.9 Å². The smallest absolute Gasteiger partial charge is 0.228 e. The van der Waals surface area contributed by atoms with Gasteiger partial charge in [-0.2, -0.15) is 0 Å². The van der Waals surface area contributed by atoms with Gasteiger partial charge in [-0.25, -0.2) is 4.98 Å². The minimum absolute atomic E-state index is 0.0538. The number of rotatable bonds is 4. The summed E-state index contributed by atoms with van der Waals surface area (Å²) < 4.78 is 1.16. The summed E-state index contributed by atoms with van der Waals surface area (Å²) >= 11 is 7.56. The molecular weight excluding hydrogens is 376 g/mol. The molecule has 0 fully saturated rings. The molecule has 0 radical (unpaired) electrons. The van der Waals surface area contributed by atoms with Crippen molar-refractivity contribution < 1.29 is 4.79 Å². The van der Waals surface area contributed by atoms with Crippen LogP contribution in [0.2, 0.25) is 5.02 Å². The Morgan fingerprint density at radius 3 is 2.59 bits per heavy atom. The molecule has 0 bridgehead atoms. The van der Waals surface area contributed by atoms with Crippen LogP contribution in [0.5, 0.6) is 0 Å².